The lowest BCUT2D eigenvalue weighted by Gasteiger charge is -2.32. The van der Waals surface area contributed by atoms with Gasteiger partial charge < -0.3 is 15.0 Å². The van der Waals surface area contributed by atoms with E-state index in [-0.39, 0.29) is 24.9 Å². The van der Waals surface area contributed by atoms with Crippen LogP contribution in [0.1, 0.15) is 32.6 Å². The van der Waals surface area contributed by atoms with Crippen molar-refractivity contribution >= 4 is 18.3 Å². The Morgan fingerprint density at radius 2 is 1.94 bits per heavy atom. The van der Waals surface area contributed by atoms with Gasteiger partial charge in [-0.2, -0.15) is 0 Å². The Hall–Kier alpha value is -0.320. The molecule has 1 heterocycles. The third-order valence-corrected chi connectivity index (χ3v) is 3.67. The fourth-order valence-corrected chi connectivity index (χ4v) is 2.27. The van der Waals surface area contributed by atoms with Gasteiger partial charge >= 0.3 is 0 Å². The highest BCUT2D eigenvalue weighted by atomic mass is 35.5. The van der Waals surface area contributed by atoms with E-state index in [0.717, 1.165) is 31.8 Å². The van der Waals surface area contributed by atoms with Crippen molar-refractivity contribution in [2.45, 2.75) is 38.6 Å². The summed E-state index contributed by atoms with van der Waals surface area (Å²) >= 11 is 0. The Morgan fingerprint density at radius 1 is 1.28 bits per heavy atom. The minimum atomic E-state index is 0. The zero-order valence-electron chi connectivity index (χ0n) is 11.2. The first-order valence-corrected chi connectivity index (χ1v) is 6.88. The third kappa shape index (κ3) is 5.12. The van der Waals surface area contributed by atoms with E-state index in [4.69, 9.17) is 4.74 Å². The SMILES string of the molecule is CCOCC(=O)N1CCC(NCC2CC2)CC1.Cl. The third-order valence-electron chi connectivity index (χ3n) is 3.67. The zero-order chi connectivity index (χ0) is 12.1. The smallest absolute Gasteiger partial charge is 0.248 e. The molecular weight excluding hydrogens is 252 g/mol. The predicted octanol–water partition coefficient (Wildman–Crippen LogP) is 1.44. The number of ether oxygens (including phenoxy) is 1. The monoisotopic (exact) mass is 276 g/mol. The molecule has 18 heavy (non-hydrogen) atoms. The van der Waals surface area contributed by atoms with E-state index in [1.807, 2.05) is 11.8 Å². The van der Waals surface area contributed by atoms with Crippen molar-refractivity contribution in [1.29, 1.82) is 0 Å². The van der Waals surface area contributed by atoms with Gasteiger partial charge in [0.15, 0.2) is 0 Å². The molecule has 0 bridgehead atoms. The Kier molecular flexibility index (Phi) is 6.97. The second-order valence-electron chi connectivity index (χ2n) is 5.14. The van der Waals surface area contributed by atoms with Crippen LogP contribution >= 0.6 is 12.4 Å². The summed E-state index contributed by atoms with van der Waals surface area (Å²) in [5, 5.41) is 3.62. The molecule has 1 amide bonds. The molecular formula is C13H25ClN2O2. The van der Waals surface area contributed by atoms with E-state index < -0.39 is 0 Å². The number of hydrogen-bond acceptors (Lipinski definition) is 3. The van der Waals surface area contributed by atoms with Crippen LogP contribution in [-0.2, 0) is 9.53 Å². The normalized spacial score (nSPS) is 20.6. The van der Waals surface area contributed by atoms with Crippen molar-refractivity contribution in [3.05, 3.63) is 0 Å². The number of nitrogens with one attached hydrogen (secondary N) is 1. The summed E-state index contributed by atoms with van der Waals surface area (Å²) in [6, 6.07) is 0.617. The molecule has 1 aliphatic heterocycles. The average Bonchev–Trinajstić information content (AvgIpc) is 3.18. The molecule has 1 saturated carbocycles. The maximum atomic E-state index is 11.7. The first kappa shape index (κ1) is 15.7. The van der Waals surface area contributed by atoms with Gasteiger partial charge in [0, 0.05) is 25.7 Å². The van der Waals surface area contributed by atoms with Gasteiger partial charge in [-0.1, -0.05) is 0 Å². The molecule has 1 saturated heterocycles. The Morgan fingerprint density at radius 3 is 2.50 bits per heavy atom. The predicted molar refractivity (Wildman–Crippen MR) is 74.1 cm³/mol. The van der Waals surface area contributed by atoms with E-state index in [0.29, 0.717) is 12.6 Å². The van der Waals surface area contributed by atoms with Crippen LogP contribution in [0, 0.1) is 5.92 Å². The van der Waals surface area contributed by atoms with Crippen LogP contribution in [0.5, 0.6) is 0 Å². The van der Waals surface area contributed by atoms with Crippen LogP contribution in [0.15, 0.2) is 0 Å². The van der Waals surface area contributed by atoms with Crippen molar-refractivity contribution in [3.63, 3.8) is 0 Å². The fourth-order valence-electron chi connectivity index (χ4n) is 2.27. The topological polar surface area (TPSA) is 41.6 Å². The van der Waals surface area contributed by atoms with Crippen molar-refractivity contribution in [2.75, 3.05) is 32.8 Å². The summed E-state index contributed by atoms with van der Waals surface area (Å²) in [7, 11) is 0. The molecule has 2 aliphatic rings. The maximum absolute atomic E-state index is 11.7. The van der Waals surface area contributed by atoms with Crippen LogP contribution in [-0.4, -0.2) is 49.7 Å². The molecule has 0 aromatic carbocycles. The average molecular weight is 277 g/mol. The van der Waals surface area contributed by atoms with Gasteiger partial charge in [-0.25, -0.2) is 0 Å². The Labute approximate surface area is 116 Å². The summed E-state index contributed by atoms with van der Waals surface area (Å²) < 4.78 is 5.16. The fraction of sp³-hybridized carbons (Fsp3) is 0.923. The molecule has 2 rings (SSSR count). The number of carbonyl (C=O) groups excluding carboxylic acids is 1. The van der Waals surface area contributed by atoms with Crippen molar-refractivity contribution in [2.24, 2.45) is 5.92 Å². The van der Waals surface area contributed by atoms with Gasteiger partial charge in [0.1, 0.15) is 6.61 Å². The lowest BCUT2D eigenvalue weighted by atomic mass is 10.0. The number of amides is 1. The molecule has 2 fully saturated rings. The van der Waals surface area contributed by atoms with E-state index in [9.17, 15) is 4.79 Å². The lowest BCUT2D eigenvalue weighted by molar-refractivity contribution is -0.137. The number of halogens is 1. The number of nitrogens with zero attached hydrogens (tertiary/aromatic N) is 1. The summed E-state index contributed by atoms with van der Waals surface area (Å²) in [4.78, 5) is 13.7. The van der Waals surface area contributed by atoms with Crippen molar-refractivity contribution in [3.8, 4) is 0 Å². The number of rotatable bonds is 6. The molecule has 1 N–H and O–H groups in total. The van der Waals surface area contributed by atoms with Crippen LogP contribution in [0.2, 0.25) is 0 Å². The van der Waals surface area contributed by atoms with E-state index >= 15 is 0 Å². The van der Waals surface area contributed by atoms with Gasteiger partial charge in [0.2, 0.25) is 5.91 Å². The summed E-state index contributed by atoms with van der Waals surface area (Å²) in [6.07, 6.45) is 4.98. The van der Waals surface area contributed by atoms with Gasteiger partial charge in [0.25, 0.3) is 0 Å². The Bertz CT molecular complexity index is 251. The first-order chi connectivity index (χ1) is 8.29. The molecule has 0 spiro atoms. The number of piperidine rings is 1. The highest BCUT2D eigenvalue weighted by molar-refractivity contribution is 5.85. The summed E-state index contributed by atoms with van der Waals surface area (Å²) in [5.41, 5.74) is 0. The molecule has 0 atom stereocenters. The van der Waals surface area contributed by atoms with Crippen LogP contribution < -0.4 is 5.32 Å². The minimum Gasteiger partial charge on any atom is -0.372 e. The second-order valence-corrected chi connectivity index (χ2v) is 5.14. The standard InChI is InChI=1S/C13H24N2O2.ClH/c1-2-17-10-13(16)15-7-5-12(6-8-15)14-9-11-3-4-11;/h11-12,14H,2-10H2,1H3;1H. The van der Waals surface area contributed by atoms with Crippen LogP contribution in [0.4, 0.5) is 0 Å². The van der Waals surface area contributed by atoms with E-state index in [1.54, 1.807) is 0 Å². The number of carbonyl (C=O) groups is 1. The van der Waals surface area contributed by atoms with Crippen LogP contribution in [0.3, 0.4) is 0 Å². The lowest BCUT2D eigenvalue weighted by Crippen LogP contribution is -2.46. The van der Waals surface area contributed by atoms with Gasteiger partial charge in [-0.15, -0.1) is 12.4 Å². The molecule has 1 aliphatic carbocycles. The van der Waals surface area contributed by atoms with E-state index in [1.165, 1.54) is 19.4 Å². The number of likely N-dealkylation sites (tertiary alicyclic amines) is 1. The highest BCUT2D eigenvalue weighted by Gasteiger charge is 2.25. The molecule has 0 unspecified atom stereocenters. The summed E-state index contributed by atoms with van der Waals surface area (Å²) in [5.74, 6) is 1.08. The van der Waals surface area contributed by atoms with E-state index in [2.05, 4.69) is 5.32 Å². The Balaban J connectivity index is 0.00000162. The molecule has 0 aromatic heterocycles. The minimum absolute atomic E-state index is 0. The molecule has 0 radical (unpaired) electrons. The van der Waals surface area contributed by atoms with Crippen molar-refractivity contribution < 1.29 is 9.53 Å². The van der Waals surface area contributed by atoms with Crippen LogP contribution in [0.25, 0.3) is 0 Å². The van der Waals surface area contributed by atoms with Crippen molar-refractivity contribution in [1.82, 2.24) is 10.2 Å². The molecule has 5 heteroatoms. The molecule has 0 aromatic rings. The molecule has 106 valence electrons. The maximum Gasteiger partial charge on any atom is 0.248 e. The second kappa shape index (κ2) is 7.97. The van der Waals surface area contributed by atoms with Gasteiger partial charge in [-0.3, -0.25) is 4.79 Å². The number of hydrogen-bond donors (Lipinski definition) is 1. The largest absolute Gasteiger partial charge is 0.372 e. The summed E-state index contributed by atoms with van der Waals surface area (Å²) in [6.45, 7) is 5.73. The quantitative estimate of drug-likeness (QED) is 0.798. The molecule has 4 nitrogen and oxygen atoms in total. The highest BCUT2D eigenvalue weighted by Crippen LogP contribution is 2.28. The first-order valence-electron chi connectivity index (χ1n) is 6.88. The van der Waals surface area contributed by atoms with Gasteiger partial charge in [-0.05, 0) is 45.1 Å². The van der Waals surface area contributed by atoms with Gasteiger partial charge in [0.05, 0.1) is 0 Å². The zero-order valence-corrected chi connectivity index (χ0v) is 12.0.